The summed E-state index contributed by atoms with van der Waals surface area (Å²) in [5.74, 6) is -1.19. The van der Waals surface area contributed by atoms with E-state index < -0.39 is 11.9 Å². The molecule has 0 aliphatic heterocycles. The van der Waals surface area contributed by atoms with Gasteiger partial charge in [0.25, 0.3) is 0 Å². The highest BCUT2D eigenvalue weighted by atomic mass is 16.4. The van der Waals surface area contributed by atoms with Gasteiger partial charge in [0, 0.05) is 12.7 Å². The molecule has 0 amide bonds. The maximum atomic E-state index is 11.4. The molecule has 5 heteroatoms. The van der Waals surface area contributed by atoms with Crippen LogP contribution in [0.2, 0.25) is 0 Å². The lowest BCUT2D eigenvalue weighted by Gasteiger charge is -2.15. The van der Waals surface area contributed by atoms with Crippen LogP contribution in [0.1, 0.15) is 22.6 Å². The lowest BCUT2D eigenvalue weighted by Crippen LogP contribution is -2.21. The van der Waals surface area contributed by atoms with Gasteiger partial charge in [0.2, 0.25) is 0 Å². The van der Waals surface area contributed by atoms with Crippen molar-refractivity contribution in [3.63, 3.8) is 0 Å². The highest BCUT2D eigenvalue weighted by molar-refractivity contribution is 5.77. The molecule has 1 heterocycles. The molecular weight excluding hydrogens is 266 g/mol. The molecule has 0 aliphatic carbocycles. The molecule has 1 unspecified atom stereocenters. The van der Waals surface area contributed by atoms with E-state index in [2.05, 4.69) is 16.4 Å². The highest BCUT2D eigenvalue weighted by Gasteiger charge is 2.20. The van der Waals surface area contributed by atoms with E-state index in [1.807, 2.05) is 13.0 Å². The molecule has 0 saturated heterocycles. The quantitative estimate of drug-likeness (QED) is 0.879. The molecule has 2 aromatic rings. The zero-order valence-electron chi connectivity index (χ0n) is 11.6. The fourth-order valence-electron chi connectivity index (χ4n) is 2.07. The van der Waals surface area contributed by atoms with Crippen LogP contribution < -0.4 is 5.32 Å². The molecule has 0 fully saturated rings. The minimum absolute atomic E-state index is 0.171. The van der Waals surface area contributed by atoms with Crippen LogP contribution in [0.4, 0.5) is 5.82 Å². The molecule has 0 aliphatic rings. The zero-order valence-corrected chi connectivity index (χ0v) is 11.6. The number of benzene rings is 1. The summed E-state index contributed by atoms with van der Waals surface area (Å²) in [5.41, 5.74) is 1.96. The van der Waals surface area contributed by atoms with E-state index in [0.29, 0.717) is 16.9 Å². The average molecular weight is 281 g/mol. The van der Waals surface area contributed by atoms with Crippen molar-refractivity contribution in [2.45, 2.75) is 12.8 Å². The average Bonchev–Trinajstić information content (AvgIpc) is 2.48. The van der Waals surface area contributed by atoms with Crippen molar-refractivity contribution >= 4 is 11.8 Å². The molecule has 2 N–H and O–H groups in total. The van der Waals surface area contributed by atoms with Gasteiger partial charge >= 0.3 is 5.97 Å². The summed E-state index contributed by atoms with van der Waals surface area (Å²) >= 11 is 0. The number of nitriles is 1. The van der Waals surface area contributed by atoms with Gasteiger partial charge < -0.3 is 10.4 Å². The van der Waals surface area contributed by atoms with Gasteiger partial charge in [0.05, 0.1) is 11.5 Å². The Bertz CT molecular complexity index is 678. The maximum absolute atomic E-state index is 11.4. The van der Waals surface area contributed by atoms with Crippen LogP contribution in [0.3, 0.4) is 0 Å². The lowest BCUT2D eigenvalue weighted by molar-refractivity contribution is -0.138. The van der Waals surface area contributed by atoms with Crippen molar-refractivity contribution in [2.75, 3.05) is 11.9 Å². The second-order valence-electron chi connectivity index (χ2n) is 4.65. The second-order valence-corrected chi connectivity index (χ2v) is 4.65. The number of nitrogens with zero attached hydrogens (tertiary/aromatic N) is 2. The third-order valence-corrected chi connectivity index (χ3v) is 3.24. The Hall–Kier alpha value is -2.87. The van der Waals surface area contributed by atoms with Crippen molar-refractivity contribution in [1.29, 1.82) is 5.26 Å². The first-order valence-corrected chi connectivity index (χ1v) is 6.50. The summed E-state index contributed by atoms with van der Waals surface area (Å²) in [6, 6.07) is 12.8. The summed E-state index contributed by atoms with van der Waals surface area (Å²) < 4.78 is 0. The number of pyridine rings is 1. The van der Waals surface area contributed by atoms with Crippen LogP contribution in [0.5, 0.6) is 0 Å². The standard InChI is InChI=1S/C16H15N3O2/c1-11-7-8-18-15(13(11)9-17)19-10-14(16(20)21)12-5-3-2-4-6-12/h2-8,14H,10H2,1H3,(H,18,19)(H,20,21). The van der Waals surface area contributed by atoms with Crippen LogP contribution in [0.25, 0.3) is 0 Å². The van der Waals surface area contributed by atoms with Crippen LogP contribution in [-0.4, -0.2) is 22.6 Å². The van der Waals surface area contributed by atoms with E-state index in [9.17, 15) is 9.90 Å². The summed E-state index contributed by atoms with van der Waals surface area (Å²) in [6.45, 7) is 1.99. The number of carboxylic acids is 1. The number of aliphatic carboxylic acids is 1. The van der Waals surface area contributed by atoms with Crippen molar-refractivity contribution in [1.82, 2.24) is 4.98 Å². The number of hydrogen-bond donors (Lipinski definition) is 2. The van der Waals surface area contributed by atoms with E-state index in [1.54, 1.807) is 36.5 Å². The molecule has 2 rings (SSSR count). The molecule has 5 nitrogen and oxygen atoms in total. The Morgan fingerprint density at radius 1 is 1.38 bits per heavy atom. The van der Waals surface area contributed by atoms with Gasteiger partial charge in [-0.2, -0.15) is 5.26 Å². The Kier molecular flexibility index (Phi) is 4.52. The SMILES string of the molecule is Cc1ccnc(NCC(C(=O)O)c2ccccc2)c1C#N. The van der Waals surface area contributed by atoms with E-state index >= 15 is 0 Å². The van der Waals surface area contributed by atoms with Crippen LogP contribution in [0, 0.1) is 18.3 Å². The third-order valence-electron chi connectivity index (χ3n) is 3.24. The summed E-state index contributed by atoms with van der Waals surface area (Å²) in [7, 11) is 0. The topological polar surface area (TPSA) is 86.0 Å². The number of aryl methyl sites for hydroxylation is 1. The van der Waals surface area contributed by atoms with Crippen LogP contribution in [0.15, 0.2) is 42.6 Å². The van der Waals surface area contributed by atoms with E-state index in [1.165, 1.54) is 0 Å². The molecule has 1 atom stereocenters. The summed E-state index contributed by atoms with van der Waals surface area (Å²) in [4.78, 5) is 15.5. The van der Waals surface area contributed by atoms with Gasteiger partial charge in [0.15, 0.2) is 0 Å². The lowest BCUT2D eigenvalue weighted by atomic mass is 9.99. The van der Waals surface area contributed by atoms with Gasteiger partial charge in [-0.25, -0.2) is 4.98 Å². The smallest absolute Gasteiger partial charge is 0.312 e. The Balaban J connectivity index is 2.20. The van der Waals surface area contributed by atoms with E-state index in [0.717, 1.165) is 5.56 Å². The molecule has 0 bridgehead atoms. The fraction of sp³-hybridized carbons (Fsp3) is 0.188. The predicted octanol–water partition coefficient (Wildman–Crippen LogP) is 2.54. The molecule has 21 heavy (non-hydrogen) atoms. The van der Waals surface area contributed by atoms with Crippen molar-refractivity contribution in [3.8, 4) is 6.07 Å². The normalized spacial score (nSPS) is 11.4. The number of carboxylic acid groups (broad SMARTS) is 1. The van der Waals surface area contributed by atoms with Crippen molar-refractivity contribution in [2.24, 2.45) is 0 Å². The molecule has 1 aromatic heterocycles. The van der Waals surface area contributed by atoms with Crippen molar-refractivity contribution in [3.05, 3.63) is 59.3 Å². The summed E-state index contributed by atoms with van der Waals surface area (Å²) in [6.07, 6.45) is 1.59. The van der Waals surface area contributed by atoms with Crippen LogP contribution >= 0.6 is 0 Å². The Labute approximate surface area is 122 Å². The molecule has 0 saturated carbocycles. The Morgan fingerprint density at radius 2 is 2.10 bits per heavy atom. The number of hydrogen-bond acceptors (Lipinski definition) is 4. The number of anilines is 1. The highest BCUT2D eigenvalue weighted by Crippen LogP contribution is 2.19. The van der Waals surface area contributed by atoms with Gasteiger partial charge in [-0.3, -0.25) is 4.79 Å². The van der Waals surface area contributed by atoms with Crippen molar-refractivity contribution < 1.29 is 9.90 Å². The third kappa shape index (κ3) is 3.37. The molecule has 0 radical (unpaired) electrons. The monoisotopic (exact) mass is 281 g/mol. The number of aromatic nitrogens is 1. The molecular formula is C16H15N3O2. The number of nitrogens with one attached hydrogen (secondary N) is 1. The molecule has 1 aromatic carbocycles. The fourth-order valence-corrected chi connectivity index (χ4v) is 2.07. The van der Waals surface area contributed by atoms with Gasteiger partial charge in [-0.05, 0) is 24.1 Å². The number of rotatable bonds is 5. The largest absolute Gasteiger partial charge is 0.481 e. The first-order valence-electron chi connectivity index (χ1n) is 6.50. The number of carbonyl (C=O) groups is 1. The first kappa shape index (κ1) is 14.5. The zero-order chi connectivity index (χ0) is 15.2. The van der Waals surface area contributed by atoms with E-state index in [4.69, 9.17) is 5.26 Å². The molecule has 106 valence electrons. The minimum Gasteiger partial charge on any atom is -0.481 e. The minimum atomic E-state index is -0.917. The maximum Gasteiger partial charge on any atom is 0.312 e. The Morgan fingerprint density at radius 3 is 2.71 bits per heavy atom. The van der Waals surface area contributed by atoms with Crippen LogP contribution in [-0.2, 0) is 4.79 Å². The summed E-state index contributed by atoms with van der Waals surface area (Å²) in [5, 5.41) is 21.5. The molecule has 0 spiro atoms. The van der Waals surface area contributed by atoms with Gasteiger partial charge in [-0.15, -0.1) is 0 Å². The van der Waals surface area contributed by atoms with Gasteiger partial charge in [0.1, 0.15) is 11.9 Å². The second kappa shape index (κ2) is 6.53. The predicted molar refractivity (Wildman–Crippen MR) is 79.0 cm³/mol. The first-order chi connectivity index (χ1) is 10.1. The van der Waals surface area contributed by atoms with E-state index in [-0.39, 0.29) is 6.54 Å². The van der Waals surface area contributed by atoms with Gasteiger partial charge in [-0.1, -0.05) is 30.3 Å².